The van der Waals surface area contributed by atoms with Crippen molar-refractivity contribution in [1.82, 2.24) is 0 Å². The highest BCUT2D eigenvalue weighted by Gasteiger charge is 2.16. The molecule has 2 aromatic carbocycles. The van der Waals surface area contributed by atoms with Gasteiger partial charge in [-0.05, 0) is 49.1 Å². The Balaban J connectivity index is 2.06. The van der Waals surface area contributed by atoms with E-state index in [1.165, 1.54) is 24.8 Å². The first kappa shape index (κ1) is 20.3. The van der Waals surface area contributed by atoms with Gasteiger partial charge in [-0.25, -0.2) is 8.42 Å². The number of hydrogen-bond acceptors (Lipinski definition) is 3. The maximum Gasteiger partial charge on any atom is 0.262 e. The summed E-state index contributed by atoms with van der Waals surface area (Å²) in [5.74, 6) is 0.547. The molecule has 0 fully saturated rings. The van der Waals surface area contributed by atoms with E-state index in [9.17, 15) is 8.42 Å². The van der Waals surface area contributed by atoms with E-state index in [1.807, 2.05) is 25.1 Å². The summed E-state index contributed by atoms with van der Waals surface area (Å²) in [6.07, 6.45) is 6.66. The van der Waals surface area contributed by atoms with E-state index in [2.05, 4.69) is 11.6 Å². The predicted octanol–water partition coefficient (Wildman–Crippen LogP) is 5.40. The lowest BCUT2D eigenvalue weighted by Gasteiger charge is -2.13. The number of rotatable bonds is 11. The fourth-order valence-electron chi connectivity index (χ4n) is 2.68. The van der Waals surface area contributed by atoms with Crippen LogP contribution in [0.2, 0.25) is 0 Å². The van der Waals surface area contributed by atoms with Crippen LogP contribution in [0.4, 0.5) is 5.69 Å². The third-order valence-electron chi connectivity index (χ3n) is 4.15. The Hall–Kier alpha value is -2.01. The van der Waals surface area contributed by atoms with Crippen molar-refractivity contribution in [3.63, 3.8) is 0 Å². The Morgan fingerprint density at radius 3 is 2.31 bits per heavy atom. The standard InChI is InChI=1S/C21H29NO3S/c1-3-5-6-7-10-18-13-15-19(16-14-18)26(23,24)22-20-11-8-9-12-21(20)25-17-4-2/h8-9,11-16,22H,3-7,10,17H2,1-2H3. The van der Waals surface area contributed by atoms with E-state index in [-0.39, 0.29) is 4.90 Å². The molecule has 0 aliphatic rings. The lowest BCUT2D eigenvalue weighted by Crippen LogP contribution is -2.14. The summed E-state index contributed by atoms with van der Waals surface area (Å²) in [7, 11) is -3.64. The van der Waals surface area contributed by atoms with Crippen LogP contribution in [-0.4, -0.2) is 15.0 Å². The molecule has 0 aliphatic heterocycles. The Morgan fingerprint density at radius 1 is 0.885 bits per heavy atom. The SMILES string of the molecule is CCCCCCc1ccc(S(=O)(=O)Nc2ccccc2OCCC)cc1. The fraction of sp³-hybridized carbons (Fsp3) is 0.429. The topological polar surface area (TPSA) is 55.4 Å². The molecule has 142 valence electrons. The van der Waals surface area contributed by atoms with E-state index in [0.717, 1.165) is 19.3 Å². The number of sulfonamides is 1. The summed E-state index contributed by atoms with van der Waals surface area (Å²) in [5.41, 5.74) is 1.64. The van der Waals surface area contributed by atoms with Crippen LogP contribution in [0.3, 0.4) is 0 Å². The minimum absolute atomic E-state index is 0.264. The Morgan fingerprint density at radius 2 is 1.62 bits per heavy atom. The first-order valence-corrected chi connectivity index (χ1v) is 10.9. The number of aryl methyl sites for hydroxylation is 1. The quantitative estimate of drug-likeness (QED) is 0.535. The normalized spacial score (nSPS) is 11.3. The lowest BCUT2D eigenvalue weighted by atomic mass is 10.1. The molecular weight excluding hydrogens is 346 g/mol. The van der Waals surface area contributed by atoms with E-state index >= 15 is 0 Å². The molecule has 0 atom stereocenters. The molecule has 2 aromatic rings. The minimum Gasteiger partial charge on any atom is -0.491 e. The van der Waals surface area contributed by atoms with Crippen LogP contribution < -0.4 is 9.46 Å². The second kappa shape index (κ2) is 10.2. The van der Waals surface area contributed by atoms with E-state index in [1.54, 1.807) is 30.3 Å². The van der Waals surface area contributed by atoms with Crippen molar-refractivity contribution in [2.75, 3.05) is 11.3 Å². The second-order valence-corrected chi connectivity index (χ2v) is 8.09. The van der Waals surface area contributed by atoms with Crippen molar-refractivity contribution >= 4 is 15.7 Å². The highest BCUT2D eigenvalue weighted by atomic mass is 32.2. The summed E-state index contributed by atoms with van der Waals surface area (Å²) in [5, 5.41) is 0. The largest absolute Gasteiger partial charge is 0.491 e. The van der Waals surface area contributed by atoms with E-state index in [4.69, 9.17) is 4.74 Å². The summed E-state index contributed by atoms with van der Waals surface area (Å²) in [4.78, 5) is 0.264. The predicted molar refractivity (Wildman–Crippen MR) is 107 cm³/mol. The third kappa shape index (κ3) is 6.06. The van der Waals surface area contributed by atoms with Gasteiger partial charge in [0.15, 0.2) is 0 Å². The highest BCUT2D eigenvalue weighted by Crippen LogP contribution is 2.27. The zero-order valence-corrected chi connectivity index (χ0v) is 16.5. The molecule has 0 radical (unpaired) electrons. The van der Waals surface area contributed by atoms with Crippen LogP contribution in [-0.2, 0) is 16.4 Å². The average Bonchev–Trinajstić information content (AvgIpc) is 2.65. The number of nitrogens with one attached hydrogen (secondary N) is 1. The Bertz CT molecular complexity index is 770. The van der Waals surface area contributed by atoms with Gasteiger partial charge in [-0.1, -0.05) is 57.4 Å². The van der Waals surface area contributed by atoms with Gasteiger partial charge in [-0.15, -0.1) is 0 Å². The molecule has 5 heteroatoms. The van der Waals surface area contributed by atoms with Gasteiger partial charge in [0.25, 0.3) is 10.0 Å². The first-order valence-electron chi connectivity index (χ1n) is 9.40. The van der Waals surface area contributed by atoms with Gasteiger partial charge in [-0.2, -0.15) is 0 Å². The molecule has 0 saturated carbocycles. The monoisotopic (exact) mass is 375 g/mol. The number of unbranched alkanes of at least 4 members (excludes halogenated alkanes) is 3. The van der Waals surface area contributed by atoms with Gasteiger partial charge >= 0.3 is 0 Å². The molecule has 26 heavy (non-hydrogen) atoms. The summed E-state index contributed by atoms with van der Waals surface area (Å²) >= 11 is 0. The van der Waals surface area contributed by atoms with Crippen molar-refractivity contribution in [2.45, 2.75) is 57.3 Å². The van der Waals surface area contributed by atoms with Gasteiger partial charge in [0, 0.05) is 0 Å². The van der Waals surface area contributed by atoms with Crippen molar-refractivity contribution in [1.29, 1.82) is 0 Å². The van der Waals surface area contributed by atoms with Gasteiger partial charge in [-0.3, -0.25) is 4.72 Å². The smallest absolute Gasteiger partial charge is 0.262 e. The first-order chi connectivity index (χ1) is 12.6. The molecule has 1 N–H and O–H groups in total. The lowest BCUT2D eigenvalue weighted by molar-refractivity contribution is 0.319. The Labute approximate surface area is 157 Å². The molecule has 0 bridgehead atoms. The molecule has 0 unspecified atom stereocenters. The van der Waals surface area contributed by atoms with E-state index < -0.39 is 10.0 Å². The van der Waals surface area contributed by atoms with Crippen LogP contribution in [0.15, 0.2) is 53.4 Å². The summed E-state index contributed by atoms with van der Waals surface area (Å²) < 4.78 is 33.6. The second-order valence-electron chi connectivity index (χ2n) is 6.40. The molecule has 0 aromatic heterocycles. The average molecular weight is 376 g/mol. The number of anilines is 1. The summed E-state index contributed by atoms with van der Waals surface area (Å²) in [6.45, 7) is 4.75. The van der Waals surface area contributed by atoms with Gasteiger partial charge in [0.2, 0.25) is 0 Å². The highest BCUT2D eigenvalue weighted by molar-refractivity contribution is 7.92. The van der Waals surface area contributed by atoms with E-state index in [0.29, 0.717) is 18.0 Å². The van der Waals surface area contributed by atoms with Crippen LogP contribution in [0.25, 0.3) is 0 Å². The number of benzene rings is 2. The zero-order valence-electron chi connectivity index (χ0n) is 15.7. The maximum absolute atomic E-state index is 12.7. The van der Waals surface area contributed by atoms with Crippen LogP contribution in [0, 0.1) is 0 Å². The molecule has 2 rings (SSSR count). The molecule has 4 nitrogen and oxygen atoms in total. The Kier molecular flexibility index (Phi) is 7.98. The van der Waals surface area contributed by atoms with Crippen molar-refractivity contribution in [3.05, 3.63) is 54.1 Å². The van der Waals surface area contributed by atoms with Crippen LogP contribution >= 0.6 is 0 Å². The van der Waals surface area contributed by atoms with Crippen molar-refractivity contribution in [2.24, 2.45) is 0 Å². The van der Waals surface area contributed by atoms with Crippen LogP contribution in [0.1, 0.15) is 51.5 Å². The van der Waals surface area contributed by atoms with Gasteiger partial charge in [0.05, 0.1) is 17.2 Å². The van der Waals surface area contributed by atoms with Gasteiger partial charge < -0.3 is 4.74 Å². The van der Waals surface area contributed by atoms with Gasteiger partial charge in [0.1, 0.15) is 5.75 Å². The molecule has 0 heterocycles. The zero-order chi connectivity index (χ0) is 18.8. The van der Waals surface area contributed by atoms with Crippen LogP contribution in [0.5, 0.6) is 5.75 Å². The number of para-hydroxylation sites is 2. The number of ether oxygens (including phenoxy) is 1. The maximum atomic E-state index is 12.7. The molecule has 0 amide bonds. The molecular formula is C21H29NO3S. The minimum atomic E-state index is -3.64. The molecule has 0 saturated heterocycles. The van der Waals surface area contributed by atoms with Crippen molar-refractivity contribution in [3.8, 4) is 5.75 Å². The fourth-order valence-corrected chi connectivity index (χ4v) is 3.75. The van der Waals surface area contributed by atoms with Crippen molar-refractivity contribution < 1.29 is 13.2 Å². The molecule has 0 spiro atoms. The molecule has 0 aliphatic carbocycles. The number of hydrogen-bond donors (Lipinski definition) is 1. The third-order valence-corrected chi connectivity index (χ3v) is 5.53. The summed E-state index contributed by atoms with van der Waals surface area (Å²) in [6, 6.07) is 14.3.